The maximum Gasteiger partial charge on any atom is 0.231 e. The van der Waals surface area contributed by atoms with Crippen molar-refractivity contribution < 1.29 is 9.90 Å². The molecule has 1 aromatic carbocycles. The summed E-state index contributed by atoms with van der Waals surface area (Å²) in [5.41, 5.74) is 7.32. The number of piperidine rings is 1. The topological polar surface area (TPSA) is 69.8 Å². The van der Waals surface area contributed by atoms with Crippen LogP contribution < -0.4 is 10.6 Å². The number of carbonyl (C=O) groups is 1. The van der Waals surface area contributed by atoms with Crippen LogP contribution in [0.15, 0.2) is 24.3 Å². The van der Waals surface area contributed by atoms with Crippen molar-refractivity contribution in [3.63, 3.8) is 0 Å². The van der Waals surface area contributed by atoms with Crippen LogP contribution in [0.2, 0.25) is 0 Å². The summed E-state index contributed by atoms with van der Waals surface area (Å²) < 4.78 is 0. The van der Waals surface area contributed by atoms with E-state index in [1.165, 1.54) is 11.3 Å². The molecule has 5 nitrogen and oxygen atoms in total. The molecule has 1 aliphatic heterocycles. The number of hydrogen-bond acceptors (Lipinski definition) is 4. The zero-order valence-electron chi connectivity index (χ0n) is 16.2. The monoisotopic (exact) mass is 359 g/mol. The van der Waals surface area contributed by atoms with Crippen LogP contribution in [0.4, 0.5) is 5.69 Å². The maximum absolute atomic E-state index is 11.6. The highest BCUT2D eigenvalue weighted by molar-refractivity contribution is 5.76. The quantitative estimate of drug-likeness (QED) is 0.819. The molecule has 0 bridgehead atoms. The molecule has 1 saturated carbocycles. The second-order valence-electron chi connectivity index (χ2n) is 7.85. The Hall–Kier alpha value is -1.59. The first-order chi connectivity index (χ1) is 12.5. The molecular formula is C21H33N3O2. The number of nitrogens with two attached hydrogens (primary N) is 1. The minimum Gasteiger partial charge on any atom is -0.389 e. The molecule has 5 heteroatoms. The lowest BCUT2D eigenvalue weighted by Crippen LogP contribution is -2.56. The lowest BCUT2D eigenvalue weighted by molar-refractivity contribution is -0.136. The number of carbonyl (C=O) groups excluding carboxylic acids is 1. The Balaban J connectivity index is 1.91. The lowest BCUT2D eigenvalue weighted by atomic mass is 9.66. The summed E-state index contributed by atoms with van der Waals surface area (Å²) in [6.07, 6.45) is 4.85. The molecule has 1 heterocycles. The predicted octanol–water partition coefficient (Wildman–Crippen LogP) is 2.69. The van der Waals surface area contributed by atoms with Crippen molar-refractivity contribution in [2.75, 3.05) is 31.1 Å². The highest BCUT2D eigenvalue weighted by Gasteiger charge is 2.49. The summed E-state index contributed by atoms with van der Waals surface area (Å²) in [5.74, 6) is -0.125. The number of benzene rings is 1. The van der Waals surface area contributed by atoms with E-state index in [0.29, 0.717) is 0 Å². The van der Waals surface area contributed by atoms with Crippen LogP contribution in [0.25, 0.3) is 0 Å². The van der Waals surface area contributed by atoms with E-state index < -0.39 is 5.60 Å². The van der Waals surface area contributed by atoms with Crippen molar-refractivity contribution in [2.45, 2.75) is 57.6 Å². The van der Waals surface area contributed by atoms with Crippen LogP contribution in [-0.2, 0) is 4.79 Å². The largest absolute Gasteiger partial charge is 0.389 e. The van der Waals surface area contributed by atoms with Gasteiger partial charge in [-0.15, -0.1) is 0 Å². The van der Waals surface area contributed by atoms with E-state index in [9.17, 15) is 9.90 Å². The number of amides is 1. The number of nitrogens with zero attached hydrogens (tertiary/aromatic N) is 2. The van der Waals surface area contributed by atoms with Crippen molar-refractivity contribution in [1.82, 2.24) is 4.90 Å². The third-order valence-corrected chi connectivity index (χ3v) is 6.39. The number of aliphatic hydroxyl groups is 1. The van der Waals surface area contributed by atoms with Gasteiger partial charge in [0.25, 0.3) is 0 Å². The number of anilines is 1. The Bertz CT molecular complexity index is 614. The molecule has 0 spiro atoms. The smallest absolute Gasteiger partial charge is 0.231 e. The van der Waals surface area contributed by atoms with Gasteiger partial charge in [-0.1, -0.05) is 25.0 Å². The average Bonchev–Trinajstić information content (AvgIpc) is 2.63. The zero-order chi connectivity index (χ0) is 18.7. The molecule has 1 aliphatic carbocycles. The Labute approximate surface area is 157 Å². The molecule has 1 amide bonds. The Morgan fingerprint density at radius 2 is 1.92 bits per heavy atom. The standard InChI is InChI=1S/C21H33N3O2/c1-3-23(4-2)17-10-8-16(9-11-17)20-18-7-5-6-12-21(18,26)13-14-24(20)15-19(22)25/h8-11,18,20,26H,3-7,12-15H2,1-2H3,(H2,22,25)/t18-,20+,21+/m0/s1. The highest BCUT2D eigenvalue weighted by atomic mass is 16.3. The van der Waals surface area contributed by atoms with E-state index in [0.717, 1.165) is 51.7 Å². The van der Waals surface area contributed by atoms with Crippen molar-refractivity contribution in [1.29, 1.82) is 0 Å². The van der Waals surface area contributed by atoms with Gasteiger partial charge in [-0.3, -0.25) is 9.69 Å². The third kappa shape index (κ3) is 3.74. The third-order valence-electron chi connectivity index (χ3n) is 6.39. The van der Waals surface area contributed by atoms with Gasteiger partial charge in [0.05, 0.1) is 12.1 Å². The molecule has 2 fully saturated rings. The van der Waals surface area contributed by atoms with Crippen LogP contribution in [0.1, 0.15) is 57.6 Å². The molecule has 3 atom stereocenters. The minimum atomic E-state index is -0.603. The molecule has 3 rings (SSSR count). The van der Waals surface area contributed by atoms with Gasteiger partial charge in [0.1, 0.15) is 0 Å². The number of hydrogen-bond donors (Lipinski definition) is 2. The van der Waals surface area contributed by atoms with Gasteiger partial charge >= 0.3 is 0 Å². The highest BCUT2D eigenvalue weighted by Crippen LogP contribution is 2.49. The van der Waals surface area contributed by atoms with Crippen LogP contribution in [-0.4, -0.2) is 47.7 Å². The van der Waals surface area contributed by atoms with Gasteiger partial charge in [-0.05, 0) is 50.8 Å². The van der Waals surface area contributed by atoms with Gasteiger partial charge in [-0.2, -0.15) is 0 Å². The van der Waals surface area contributed by atoms with E-state index in [-0.39, 0.29) is 24.4 Å². The average molecular weight is 360 g/mol. The fraction of sp³-hybridized carbons (Fsp3) is 0.667. The van der Waals surface area contributed by atoms with E-state index in [2.05, 4.69) is 47.9 Å². The first kappa shape index (κ1) is 19.2. The molecule has 1 aromatic rings. The minimum absolute atomic E-state index is 0.0623. The zero-order valence-corrected chi connectivity index (χ0v) is 16.2. The van der Waals surface area contributed by atoms with Gasteiger partial charge < -0.3 is 15.7 Å². The summed E-state index contributed by atoms with van der Waals surface area (Å²) in [6, 6.07) is 8.74. The Morgan fingerprint density at radius 1 is 1.23 bits per heavy atom. The SMILES string of the molecule is CCN(CC)c1ccc([C@@H]2[C@@H]3CCCC[C@@]3(O)CCN2CC(N)=O)cc1. The molecule has 144 valence electrons. The summed E-state index contributed by atoms with van der Waals surface area (Å²) in [5, 5.41) is 11.2. The molecule has 3 N–H and O–H groups in total. The molecule has 0 unspecified atom stereocenters. The lowest BCUT2D eigenvalue weighted by Gasteiger charge is -2.52. The number of likely N-dealkylation sites (tertiary alicyclic amines) is 1. The van der Waals surface area contributed by atoms with Gasteiger partial charge in [0.2, 0.25) is 5.91 Å². The molecule has 2 aliphatic rings. The van der Waals surface area contributed by atoms with Crippen molar-refractivity contribution in [3.05, 3.63) is 29.8 Å². The number of fused-ring (bicyclic) bond motifs is 1. The van der Waals surface area contributed by atoms with Gasteiger partial charge in [-0.25, -0.2) is 0 Å². The van der Waals surface area contributed by atoms with Crippen LogP contribution >= 0.6 is 0 Å². The van der Waals surface area contributed by atoms with E-state index >= 15 is 0 Å². The number of rotatable bonds is 6. The second-order valence-corrected chi connectivity index (χ2v) is 7.85. The second kappa shape index (κ2) is 7.97. The summed E-state index contributed by atoms with van der Waals surface area (Å²) in [7, 11) is 0. The summed E-state index contributed by atoms with van der Waals surface area (Å²) >= 11 is 0. The number of primary amides is 1. The molecule has 0 radical (unpaired) electrons. The molecule has 0 aromatic heterocycles. The Kier molecular flexibility index (Phi) is 5.88. The fourth-order valence-corrected chi connectivity index (χ4v) is 5.03. The van der Waals surface area contributed by atoms with Crippen molar-refractivity contribution in [2.24, 2.45) is 11.7 Å². The Morgan fingerprint density at radius 3 is 2.54 bits per heavy atom. The predicted molar refractivity (Wildman–Crippen MR) is 105 cm³/mol. The van der Waals surface area contributed by atoms with Crippen LogP contribution in [0, 0.1) is 5.92 Å². The first-order valence-electron chi connectivity index (χ1n) is 10.1. The first-order valence-corrected chi connectivity index (χ1v) is 10.1. The van der Waals surface area contributed by atoms with Gasteiger partial charge in [0, 0.05) is 37.3 Å². The van der Waals surface area contributed by atoms with Crippen molar-refractivity contribution in [3.8, 4) is 0 Å². The fourth-order valence-electron chi connectivity index (χ4n) is 5.03. The summed E-state index contributed by atoms with van der Waals surface area (Å²) in [6.45, 7) is 7.27. The molecular weight excluding hydrogens is 326 g/mol. The van der Waals surface area contributed by atoms with Crippen LogP contribution in [0.3, 0.4) is 0 Å². The summed E-state index contributed by atoms with van der Waals surface area (Å²) in [4.78, 5) is 16.1. The van der Waals surface area contributed by atoms with Gasteiger partial charge in [0.15, 0.2) is 0 Å². The molecule has 1 saturated heterocycles. The molecule has 26 heavy (non-hydrogen) atoms. The van der Waals surface area contributed by atoms with E-state index in [1.807, 2.05) is 0 Å². The van der Waals surface area contributed by atoms with E-state index in [4.69, 9.17) is 5.73 Å². The van der Waals surface area contributed by atoms with E-state index in [1.54, 1.807) is 0 Å². The van der Waals surface area contributed by atoms with Crippen LogP contribution in [0.5, 0.6) is 0 Å². The normalized spacial score (nSPS) is 29.2. The maximum atomic E-state index is 11.6. The van der Waals surface area contributed by atoms with Crippen molar-refractivity contribution >= 4 is 11.6 Å².